The van der Waals surface area contributed by atoms with Crippen LogP contribution in [0.2, 0.25) is 0 Å². The van der Waals surface area contributed by atoms with Gasteiger partial charge in [0, 0.05) is 6.54 Å². The van der Waals surface area contributed by atoms with E-state index < -0.39 is 11.7 Å². The molecular formula is C14H11F3N2O2. The van der Waals surface area contributed by atoms with Gasteiger partial charge >= 0.3 is 6.18 Å². The van der Waals surface area contributed by atoms with Crippen molar-refractivity contribution in [3.05, 3.63) is 47.5 Å². The number of fused-ring (bicyclic) bond motifs is 2. The largest absolute Gasteiger partial charge is 0.453 e. The molecule has 0 aromatic heterocycles. The fraction of sp³-hybridized carbons (Fsp3) is 0.143. The number of hydrogen-bond acceptors (Lipinski definition) is 4. The van der Waals surface area contributed by atoms with Gasteiger partial charge in [-0.25, -0.2) is 5.48 Å². The molecule has 2 aromatic carbocycles. The van der Waals surface area contributed by atoms with E-state index in [0.717, 1.165) is 17.7 Å². The van der Waals surface area contributed by atoms with Gasteiger partial charge in [0.25, 0.3) is 0 Å². The van der Waals surface area contributed by atoms with Crippen molar-refractivity contribution in [1.29, 1.82) is 0 Å². The van der Waals surface area contributed by atoms with Crippen LogP contribution in [-0.4, -0.2) is 5.21 Å². The highest BCUT2D eigenvalue weighted by Crippen LogP contribution is 2.44. The maximum absolute atomic E-state index is 12.7. The highest BCUT2D eigenvalue weighted by Gasteiger charge is 2.32. The summed E-state index contributed by atoms with van der Waals surface area (Å²) in [4.78, 5) is 0. The third-order valence-corrected chi connectivity index (χ3v) is 3.13. The highest BCUT2D eigenvalue weighted by molar-refractivity contribution is 5.76. The molecule has 7 heteroatoms. The molecule has 0 saturated heterocycles. The van der Waals surface area contributed by atoms with Crippen LogP contribution >= 0.6 is 0 Å². The van der Waals surface area contributed by atoms with E-state index >= 15 is 0 Å². The van der Waals surface area contributed by atoms with E-state index in [4.69, 9.17) is 9.94 Å². The first-order chi connectivity index (χ1) is 9.97. The molecule has 0 saturated carbocycles. The van der Waals surface area contributed by atoms with Gasteiger partial charge in [-0.1, -0.05) is 6.07 Å². The lowest BCUT2D eigenvalue weighted by molar-refractivity contribution is -0.137. The molecular weight excluding hydrogens is 285 g/mol. The number of nitrogens with one attached hydrogen (secondary N) is 2. The Kier molecular flexibility index (Phi) is 3.23. The normalized spacial score (nSPS) is 13.0. The van der Waals surface area contributed by atoms with Gasteiger partial charge in [0.1, 0.15) is 0 Å². The summed E-state index contributed by atoms with van der Waals surface area (Å²) in [6.45, 7) is 0.214. The first kappa shape index (κ1) is 13.7. The molecule has 0 aliphatic carbocycles. The predicted octanol–water partition coefficient (Wildman–Crippen LogP) is 4.03. The SMILES string of the molecule is ONCc1ccc2c(c1)Oc1cc(C(F)(F)F)ccc1N2. The topological polar surface area (TPSA) is 53.5 Å². The summed E-state index contributed by atoms with van der Waals surface area (Å²) in [7, 11) is 0. The quantitative estimate of drug-likeness (QED) is 0.625. The lowest BCUT2D eigenvalue weighted by Gasteiger charge is -2.23. The molecule has 0 amide bonds. The summed E-state index contributed by atoms with van der Waals surface area (Å²) in [6, 6.07) is 8.46. The number of rotatable bonds is 2. The van der Waals surface area contributed by atoms with Crippen LogP contribution in [0, 0.1) is 0 Å². The van der Waals surface area contributed by atoms with Crippen molar-refractivity contribution in [2.75, 3.05) is 5.32 Å². The number of benzene rings is 2. The second kappa shape index (κ2) is 4.94. The Bertz CT molecular complexity index is 686. The smallest absolute Gasteiger partial charge is 0.416 e. The van der Waals surface area contributed by atoms with Crippen molar-refractivity contribution < 1.29 is 23.1 Å². The Morgan fingerprint density at radius 2 is 1.71 bits per heavy atom. The van der Waals surface area contributed by atoms with Gasteiger partial charge in [-0.2, -0.15) is 13.2 Å². The zero-order valence-electron chi connectivity index (χ0n) is 10.7. The number of hydrogen-bond donors (Lipinski definition) is 3. The van der Waals surface area contributed by atoms with Crippen molar-refractivity contribution in [3.8, 4) is 11.5 Å². The predicted molar refractivity (Wildman–Crippen MR) is 69.9 cm³/mol. The number of hydroxylamine groups is 1. The Hall–Kier alpha value is -2.25. The van der Waals surface area contributed by atoms with Crippen molar-refractivity contribution in [1.82, 2.24) is 5.48 Å². The Morgan fingerprint density at radius 3 is 2.38 bits per heavy atom. The molecule has 3 N–H and O–H groups in total. The average Bonchev–Trinajstić information content (AvgIpc) is 2.44. The van der Waals surface area contributed by atoms with E-state index in [0.29, 0.717) is 17.1 Å². The standard InChI is InChI=1S/C14H11F3N2O2/c15-14(16,17)9-2-4-11-13(6-9)21-12-5-8(7-18-20)1-3-10(12)19-11/h1-6,18-20H,7H2. The maximum Gasteiger partial charge on any atom is 0.416 e. The first-order valence-electron chi connectivity index (χ1n) is 6.13. The molecule has 3 rings (SSSR count). The molecule has 0 atom stereocenters. The Balaban J connectivity index is 1.96. The van der Waals surface area contributed by atoms with Gasteiger partial charge in [-0.15, -0.1) is 0 Å². The minimum atomic E-state index is -4.42. The summed E-state index contributed by atoms with van der Waals surface area (Å²) in [5, 5.41) is 11.7. The van der Waals surface area contributed by atoms with Crippen LogP contribution in [-0.2, 0) is 12.7 Å². The van der Waals surface area contributed by atoms with Gasteiger partial charge in [-0.3, -0.25) is 0 Å². The first-order valence-corrected chi connectivity index (χ1v) is 6.13. The molecule has 0 spiro atoms. The van der Waals surface area contributed by atoms with E-state index in [2.05, 4.69) is 5.32 Å². The Labute approximate surface area is 118 Å². The van der Waals surface area contributed by atoms with Crippen molar-refractivity contribution in [2.24, 2.45) is 0 Å². The molecule has 0 fully saturated rings. The molecule has 0 bridgehead atoms. The van der Waals surface area contributed by atoms with Crippen LogP contribution in [0.3, 0.4) is 0 Å². The minimum Gasteiger partial charge on any atom is -0.453 e. The molecule has 1 aliphatic heterocycles. The highest BCUT2D eigenvalue weighted by atomic mass is 19.4. The van der Waals surface area contributed by atoms with E-state index in [1.807, 2.05) is 5.48 Å². The number of halogens is 3. The van der Waals surface area contributed by atoms with Crippen LogP contribution < -0.4 is 15.5 Å². The lowest BCUT2D eigenvalue weighted by atomic mass is 10.1. The zero-order valence-corrected chi connectivity index (χ0v) is 10.7. The van der Waals surface area contributed by atoms with Crippen LogP contribution in [0.25, 0.3) is 0 Å². The molecule has 4 nitrogen and oxygen atoms in total. The van der Waals surface area contributed by atoms with E-state index in [9.17, 15) is 13.2 Å². The minimum absolute atomic E-state index is 0.117. The van der Waals surface area contributed by atoms with Gasteiger partial charge < -0.3 is 15.3 Å². The van der Waals surface area contributed by atoms with Gasteiger partial charge in [0.05, 0.1) is 16.9 Å². The van der Waals surface area contributed by atoms with E-state index in [-0.39, 0.29) is 12.3 Å². The zero-order chi connectivity index (χ0) is 15.0. The second-order valence-corrected chi connectivity index (χ2v) is 4.60. The number of anilines is 2. The molecule has 2 aromatic rings. The maximum atomic E-state index is 12.7. The summed E-state index contributed by atoms with van der Waals surface area (Å²) in [5.41, 5.74) is 3.13. The molecule has 21 heavy (non-hydrogen) atoms. The van der Waals surface area contributed by atoms with Crippen molar-refractivity contribution in [2.45, 2.75) is 12.7 Å². The van der Waals surface area contributed by atoms with Gasteiger partial charge in [0.2, 0.25) is 0 Å². The van der Waals surface area contributed by atoms with Crippen molar-refractivity contribution >= 4 is 11.4 Å². The summed E-state index contributed by atoms with van der Waals surface area (Å²) >= 11 is 0. The monoisotopic (exact) mass is 296 g/mol. The molecule has 110 valence electrons. The summed E-state index contributed by atoms with van der Waals surface area (Å²) in [6.07, 6.45) is -4.42. The van der Waals surface area contributed by atoms with E-state index in [1.54, 1.807) is 18.2 Å². The molecule has 1 aliphatic rings. The van der Waals surface area contributed by atoms with Crippen LogP contribution in [0.4, 0.5) is 24.5 Å². The number of ether oxygens (including phenoxy) is 1. The second-order valence-electron chi connectivity index (χ2n) is 4.60. The van der Waals surface area contributed by atoms with Crippen molar-refractivity contribution in [3.63, 3.8) is 0 Å². The van der Waals surface area contributed by atoms with Crippen LogP contribution in [0.1, 0.15) is 11.1 Å². The molecule has 1 heterocycles. The fourth-order valence-electron chi connectivity index (χ4n) is 2.11. The Morgan fingerprint density at radius 1 is 1.05 bits per heavy atom. The number of alkyl halides is 3. The third-order valence-electron chi connectivity index (χ3n) is 3.13. The molecule has 0 unspecified atom stereocenters. The summed E-state index contributed by atoms with van der Waals surface area (Å²) in [5.74, 6) is 0.529. The van der Waals surface area contributed by atoms with Crippen LogP contribution in [0.15, 0.2) is 36.4 Å². The fourth-order valence-corrected chi connectivity index (χ4v) is 2.11. The van der Waals surface area contributed by atoms with Crippen LogP contribution in [0.5, 0.6) is 11.5 Å². The lowest BCUT2D eigenvalue weighted by Crippen LogP contribution is -2.09. The van der Waals surface area contributed by atoms with Gasteiger partial charge in [-0.05, 0) is 35.9 Å². The van der Waals surface area contributed by atoms with Gasteiger partial charge in [0.15, 0.2) is 11.5 Å². The average molecular weight is 296 g/mol. The molecule has 0 radical (unpaired) electrons. The third kappa shape index (κ3) is 2.65. The summed E-state index contributed by atoms with van der Waals surface area (Å²) < 4.78 is 43.6. The van der Waals surface area contributed by atoms with E-state index in [1.165, 1.54) is 6.07 Å².